The highest BCUT2D eigenvalue weighted by Crippen LogP contribution is 2.65. The van der Waals surface area contributed by atoms with Gasteiger partial charge in [0.05, 0.1) is 22.4 Å². The van der Waals surface area contributed by atoms with Gasteiger partial charge in [-0.1, -0.05) is 39.0 Å². The van der Waals surface area contributed by atoms with Crippen LogP contribution in [0.1, 0.15) is 44.0 Å². The van der Waals surface area contributed by atoms with Gasteiger partial charge in [-0.3, -0.25) is 14.9 Å². The van der Waals surface area contributed by atoms with Gasteiger partial charge in [0.2, 0.25) is 0 Å². The van der Waals surface area contributed by atoms with Gasteiger partial charge in [-0.05, 0) is 48.4 Å². The Morgan fingerprint density at radius 2 is 1.77 bits per heavy atom. The molecule has 0 amide bonds. The normalized spacial score (nSPS) is 24.9. The number of allylic oxidation sites excluding steroid dienone is 1. The molecule has 0 heterocycles. The molecular weight excluding hydrogens is 396 g/mol. The minimum atomic E-state index is -0.670. The Bertz CT molecular complexity index is 1070. The molecule has 0 aromatic heterocycles. The molecule has 0 unspecified atom stereocenters. The number of nitro groups is 1. The molecule has 2 aromatic carbocycles. The van der Waals surface area contributed by atoms with Gasteiger partial charge in [-0.2, -0.15) is 5.06 Å². The first-order chi connectivity index (χ1) is 14.6. The highest BCUT2D eigenvalue weighted by Gasteiger charge is 2.64. The fourth-order valence-electron chi connectivity index (χ4n) is 4.79. The zero-order chi connectivity index (χ0) is 22.4. The van der Waals surface area contributed by atoms with Crippen LogP contribution in [0.15, 0.2) is 66.4 Å². The van der Waals surface area contributed by atoms with Gasteiger partial charge in [-0.15, -0.1) is 0 Å². The molecule has 7 nitrogen and oxygen atoms in total. The highest BCUT2D eigenvalue weighted by atomic mass is 16.7. The van der Waals surface area contributed by atoms with E-state index in [9.17, 15) is 19.7 Å². The van der Waals surface area contributed by atoms with Gasteiger partial charge >= 0.3 is 5.97 Å². The van der Waals surface area contributed by atoms with Crippen LogP contribution in [-0.4, -0.2) is 16.7 Å². The Morgan fingerprint density at radius 3 is 2.32 bits per heavy atom. The van der Waals surface area contributed by atoms with E-state index in [-0.39, 0.29) is 28.4 Å². The number of rotatable bonds is 5. The number of para-hydroxylation sites is 1. The van der Waals surface area contributed by atoms with Crippen LogP contribution in [-0.2, 0) is 9.63 Å². The molecule has 160 valence electrons. The lowest BCUT2D eigenvalue weighted by atomic mass is 9.70. The number of benzene rings is 2. The molecule has 0 spiro atoms. The second-order valence-corrected chi connectivity index (χ2v) is 8.90. The molecule has 2 fully saturated rings. The maximum absolute atomic E-state index is 13.2. The van der Waals surface area contributed by atoms with Crippen molar-refractivity contribution in [1.29, 1.82) is 0 Å². The van der Waals surface area contributed by atoms with Crippen molar-refractivity contribution < 1.29 is 19.3 Å². The van der Waals surface area contributed by atoms with Gasteiger partial charge in [-0.25, -0.2) is 4.79 Å². The smallest absolute Gasteiger partial charge is 0.331 e. The second kappa shape index (κ2) is 7.34. The average molecular weight is 420 g/mol. The number of ketones is 1. The Hall–Kier alpha value is -3.48. The molecule has 0 radical (unpaired) electrons. The zero-order valence-electron chi connectivity index (χ0n) is 17.7. The second-order valence-electron chi connectivity index (χ2n) is 8.90. The van der Waals surface area contributed by atoms with Crippen LogP contribution in [0.5, 0.6) is 0 Å². The largest absolute Gasteiger partial charge is 0.363 e. The van der Waals surface area contributed by atoms with E-state index in [1.807, 2.05) is 25.1 Å². The first-order valence-corrected chi connectivity index (χ1v) is 10.2. The Balaban J connectivity index is 1.67. The van der Waals surface area contributed by atoms with Gasteiger partial charge in [0.25, 0.3) is 5.69 Å². The highest BCUT2D eigenvalue weighted by molar-refractivity contribution is 6.05. The van der Waals surface area contributed by atoms with Crippen molar-refractivity contribution in [2.45, 2.75) is 33.6 Å². The molecule has 7 heteroatoms. The third-order valence-electron chi connectivity index (χ3n) is 7.13. The molecule has 0 saturated heterocycles. The van der Waals surface area contributed by atoms with Gasteiger partial charge in [0.15, 0.2) is 5.78 Å². The van der Waals surface area contributed by atoms with E-state index in [0.717, 1.165) is 12.8 Å². The number of nitrogens with zero attached hydrogens (tertiary/aromatic N) is 2. The van der Waals surface area contributed by atoms with Gasteiger partial charge in [0.1, 0.15) is 0 Å². The number of non-ortho nitro benzene ring substituents is 1. The first kappa shape index (κ1) is 20.8. The van der Waals surface area contributed by atoms with E-state index in [1.54, 1.807) is 18.3 Å². The summed E-state index contributed by atoms with van der Waals surface area (Å²) < 4.78 is 0. The Kier molecular flexibility index (Phi) is 4.92. The number of carbonyl (C=O) groups is 2. The van der Waals surface area contributed by atoms with Crippen LogP contribution < -0.4 is 5.06 Å². The summed E-state index contributed by atoms with van der Waals surface area (Å²) in [4.78, 5) is 42.0. The minimum Gasteiger partial charge on any atom is -0.331 e. The maximum Gasteiger partial charge on any atom is 0.363 e. The minimum absolute atomic E-state index is 0.0919. The summed E-state index contributed by atoms with van der Waals surface area (Å²) >= 11 is 0. The third kappa shape index (κ3) is 3.30. The number of anilines is 1. The van der Waals surface area contributed by atoms with Crippen molar-refractivity contribution in [3.63, 3.8) is 0 Å². The molecule has 4 rings (SSSR count). The maximum atomic E-state index is 13.2. The summed E-state index contributed by atoms with van der Waals surface area (Å²) in [5.41, 5.74) is 0.746. The molecule has 2 bridgehead atoms. The summed E-state index contributed by atoms with van der Waals surface area (Å²) in [6.45, 7) is 6.27. The van der Waals surface area contributed by atoms with Crippen molar-refractivity contribution in [2.75, 3.05) is 5.06 Å². The number of hydrogen-bond acceptors (Lipinski definition) is 6. The van der Waals surface area contributed by atoms with Crippen molar-refractivity contribution in [2.24, 2.45) is 16.7 Å². The molecule has 0 aliphatic heterocycles. The number of hydroxylamine groups is 1. The molecule has 2 atom stereocenters. The Labute approximate surface area is 180 Å². The molecule has 2 aliphatic carbocycles. The molecule has 31 heavy (non-hydrogen) atoms. The average Bonchev–Trinajstić information content (AvgIpc) is 3.07. The Morgan fingerprint density at radius 1 is 1.13 bits per heavy atom. The standard InChI is InChI=1S/C24H24N2O5/c1-23(2)20-13-14-24(23,3)21(27)19(20)15-25(17-7-5-4-6-8-17)31-22(28)16-9-11-18(12-10-16)26(29)30/h4-12,15,20H,13-14H2,1-3H3/b19-15-/t20-,24+/m1/s1. The van der Waals surface area contributed by atoms with Crippen LogP contribution in [0.2, 0.25) is 0 Å². The fraction of sp³-hybridized carbons (Fsp3) is 0.333. The van der Waals surface area contributed by atoms with Gasteiger partial charge < -0.3 is 4.84 Å². The number of nitro benzene ring substituents is 1. The van der Waals surface area contributed by atoms with Crippen LogP contribution in [0.3, 0.4) is 0 Å². The van der Waals surface area contributed by atoms with Crippen LogP contribution >= 0.6 is 0 Å². The quantitative estimate of drug-likeness (QED) is 0.381. The lowest BCUT2D eigenvalue weighted by Crippen LogP contribution is -2.32. The third-order valence-corrected chi connectivity index (χ3v) is 7.13. The van der Waals surface area contributed by atoms with Crippen LogP contribution in [0.4, 0.5) is 11.4 Å². The lowest BCUT2D eigenvalue weighted by Gasteiger charge is -2.31. The predicted molar refractivity (Wildman–Crippen MR) is 115 cm³/mol. The fourth-order valence-corrected chi connectivity index (χ4v) is 4.79. The van der Waals surface area contributed by atoms with Crippen molar-refractivity contribution in [1.82, 2.24) is 0 Å². The summed E-state index contributed by atoms with van der Waals surface area (Å²) in [6.07, 6.45) is 3.41. The van der Waals surface area contributed by atoms with Crippen molar-refractivity contribution in [3.8, 4) is 0 Å². The SMILES string of the molecule is CC1(C)[C@@H]2CC[C@@]1(C)C(=O)/C2=C\N(OC(=O)c1ccc([N+](=O)[O-])cc1)c1ccccc1. The summed E-state index contributed by atoms with van der Waals surface area (Å²) in [7, 11) is 0. The summed E-state index contributed by atoms with van der Waals surface area (Å²) in [5, 5.41) is 12.2. The van der Waals surface area contributed by atoms with Gasteiger partial charge in [0, 0.05) is 23.1 Å². The van der Waals surface area contributed by atoms with E-state index < -0.39 is 16.3 Å². The van der Waals surface area contributed by atoms with Crippen molar-refractivity contribution >= 4 is 23.1 Å². The van der Waals surface area contributed by atoms with E-state index in [4.69, 9.17) is 4.84 Å². The van der Waals surface area contributed by atoms with E-state index in [1.165, 1.54) is 29.3 Å². The van der Waals surface area contributed by atoms with E-state index >= 15 is 0 Å². The zero-order valence-corrected chi connectivity index (χ0v) is 17.7. The molecule has 2 saturated carbocycles. The summed E-state index contributed by atoms with van der Waals surface area (Å²) in [6, 6.07) is 14.3. The monoisotopic (exact) mass is 420 g/mol. The number of carbonyl (C=O) groups excluding carboxylic acids is 2. The lowest BCUT2D eigenvalue weighted by molar-refractivity contribution is -0.384. The van der Waals surface area contributed by atoms with Crippen molar-refractivity contribution in [3.05, 3.63) is 82.0 Å². The van der Waals surface area contributed by atoms with Crippen LogP contribution in [0, 0.1) is 26.9 Å². The van der Waals surface area contributed by atoms with E-state index in [0.29, 0.717) is 11.3 Å². The van der Waals surface area contributed by atoms with Crippen LogP contribution in [0.25, 0.3) is 0 Å². The number of fused-ring (bicyclic) bond motifs is 2. The number of Topliss-reactive ketones (excluding diaryl/α,β-unsaturated/α-hetero) is 1. The molecule has 2 aromatic rings. The predicted octanol–water partition coefficient (Wildman–Crippen LogP) is 5.08. The van der Waals surface area contributed by atoms with E-state index in [2.05, 4.69) is 13.8 Å². The topological polar surface area (TPSA) is 89.8 Å². The molecule has 0 N–H and O–H groups in total. The molecular formula is C24H24N2O5. The first-order valence-electron chi connectivity index (χ1n) is 10.2. The number of hydrogen-bond donors (Lipinski definition) is 0. The molecule has 2 aliphatic rings. The summed E-state index contributed by atoms with van der Waals surface area (Å²) in [5.74, 6) is -0.480.